The summed E-state index contributed by atoms with van der Waals surface area (Å²) in [6.45, 7) is 1.12. The normalized spacial score (nSPS) is 16.0. The Hall–Kier alpha value is -0.570. The van der Waals surface area contributed by atoms with E-state index in [9.17, 15) is 0 Å². The fourth-order valence-electron chi connectivity index (χ4n) is 1.59. The van der Waals surface area contributed by atoms with Crippen LogP contribution in [0.25, 0.3) is 0 Å². The van der Waals surface area contributed by atoms with Crippen LogP contribution < -0.4 is 4.90 Å². The van der Waals surface area contributed by atoms with Crippen molar-refractivity contribution in [2.45, 2.75) is 12.8 Å². The Kier molecular flexibility index (Phi) is 2.05. The van der Waals surface area contributed by atoms with Gasteiger partial charge in [0.05, 0.1) is 0 Å². The molecule has 0 saturated carbocycles. The Morgan fingerprint density at radius 1 is 1.50 bits per heavy atom. The molecule has 0 aromatic carbocycles. The summed E-state index contributed by atoms with van der Waals surface area (Å²) in [6.07, 6.45) is 2.41. The van der Waals surface area contributed by atoms with E-state index in [1.807, 2.05) is 6.07 Å². The van der Waals surface area contributed by atoms with Gasteiger partial charge in [-0.15, -0.1) is 0 Å². The van der Waals surface area contributed by atoms with Gasteiger partial charge in [0.2, 0.25) is 0 Å². The third kappa shape index (κ3) is 1.33. The van der Waals surface area contributed by atoms with Crippen LogP contribution in [0, 0.1) is 0 Å². The van der Waals surface area contributed by atoms with Crippen LogP contribution in [0.1, 0.15) is 12.0 Å². The van der Waals surface area contributed by atoms with Gasteiger partial charge in [-0.25, -0.2) is 4.98 Å². The summed E-state index contributed by atoms with van der Waals surface area (Å²) in [4.78, 5) is 6.65. The Morgan fingerprint density at radius 2 is 2.33 bits per heavy atom. The lowest BCUT2D eigenvalue weighted by Gasteiger charge is -2.25. The third-order valence-corrected chi connectivity index (χ3v) is 2.66. The highest BCUT2D eigenvalue weighted by molar-refractivity contribution is 9.10. The second-order valence-corrected chi connectivity index (χ2v) is 3.95. The number of aromatic nitrogens is 1. The summed E-state index contributed by atoms with van der Waals surface area (Å²) < 4.78 is 0.926. The fourth-order valence-corrected chi connectivity index (χ4v) is 1.89. The second-order valence-electron chi connectivity index (χ2n) is 3.14. The maximum Gasteiger partial charge on any atom is 0.132 e. The molecule has 64 valence electrons. The van der Waals surface area contributed by atoms with E-state index in [2.05, 4.69) is 38.9 Å². The summed E-state index contributed by atoms with van der Waals surface area (Å²) in [5.41, 5.74) is 1.37. The van der Waals surface area contributed by atoms with E-state index in [1.54, 1.807) is 0 Å². The molecule has 0 aliphatic carbocycles. The summed E-state index contributed by atoms with van der Waals surface area (Å²) in [5, 5.41) is 0. The van der Waals surface area contributed by atoms with Gasteiger partial charge in [0.15, 0.2) is 0 Å². The van der Waals surface area contributed by atoms with Crippen molar-refractivity contribution in [2.75, 3.05) is 18.5 Å². The lowest BCUT2D eigenvalue weighted by Crippen LogP contribution is -2.25. The monoisotopic (exact) mass is 226 g/mol. The molecule has 0 spiro atoms. The number of fused-ring (bicyclic) bond motifs is 1. The van der Waals surface area contributed by atoms with E-state index in [0.717, 1.165) is 17.0 Å². The molecule has 12 heavy (non-hydrogen) atoms. The molecule has 2 heterocycles. The topological polar surface area (TPSA) is 16.1 Å². The molecule has 2 nitrogen and oxygen atoms in total. The van der Waals surface area contributed by atoms with E-state index < -0.39 is 0 Å². The highest BCUT2D eigenvalue weighted by Crippen LogP contribution is 2.25. The van der Waals surface area contributed by atoms with Crippen molar-refractivity contribution in [1.82, 2.24) is 4.98 Å². The first kappa shape index (κ1) is 8.05. The molecule has 3 heteroatoms. The average molecular weight is 227 g/mol. The minimum absolute atomic E-state index is 0.926. The summed E-state index contributed by atoms with van der Waals surface area (Å²) >= 11 is 3.38. The zero-order chi connectivity index (χ0) is 8.55. The van der Waals surface area contributed by atoms with Gasteiger partial charge >= 0.3 is 0 Å². The predicted molar refractivity (Wildman–Crippen MR) is 53.5 cm³/mol. The second kappa shape index (κ2) is 3.05. The van der Waals surface area contributed by atoms with Crippen LogP contribution in [0.4, 0.5) is 5.82 Å². The summed E-state index contributed by atoms with van der Waals surface area (Å²) in [7, 11) is 2.09. The maximum atomic E-state index is 4.44. The number of pyridine rings is 1. The Labute approximate surface area is 80.7 Å². The first-order valence-corrected chi connectivity index (χ1v) is 4.93. The molecule has 1 aromatic heterocycles. The minimum atomic E-state index is 0.926. The lowest BCUT2D eigenvalue weighted by molar-refractivity contribution is 0.729. The molecule has 0 N–H and O–H groups in total. The van der Waals surface area contributed by atoms with Gasteiger partial charge in [0, 0.05) is 13.6 Å². The molecule has 2 rings (SSSR count). The van der Waals surface area contributed by atoms with Gasteiger partial charge in [-0.05, 0) is 40.4 Å². The number of aryl methyl sites for hydroxylation is 1. The molecule has 0 radical (unpaired) electrons. The number of nitrogens with zero attached hydrogens (tertiary/aromatic N) is 2. The average Bonchev–Trinajstić information content (AvgIpc) is 2.07. The largest absolute Gasteiger partial charge is 0.359 e. The van der Waals surface area contributed by atoms with Crippen LogP contribution in [0.15, 0.2) is 16.7 Å². The molecular weight excluding hydrogens is 216 g/mol. The molecule has 0 atom stereocenters. The quantitative estimate of drug-likeness (QED) is 0.632. The molecule has 0 amide bonds. The maximum absolute atomic E-state index is 4.44. The summed E-state index contributed by atoms with van der Waals surface area (Å²) in [6, 6.07) is 4.17. The minimum Gasteiger partial charge on any atom is -0.359 e. The highest BCUT2D eigenvalue weighted by Gasteiger charge is 2.14. The fraction of sp³-hybridized carbons (Fsp3) is 0.444. The standard InChI is InChI=1S/C9H11BrN2/c1-12-6-2-3-7-4-5-8(10)11-9(7)12/h4-5H,2-3,6H2,1H3. The number of rotatable bonds is 0. The van der Waals surface area contributed by atoms with E-state index in [0.29, 0.717) is 0 Å². The molecule has 0 saturated heterocycles. The SMILES string of the molecule is CN1CCCc2ccc(Br)nc21. The first-order chi connectivity index (χ1) is 5.77. The van der Waals surface area contributed by atoms with Crippen molar-refractivity contribution < 1.29 is 0 Å². The van der Waals surface area contributed by atoms with Crippen molar-refractivity contribution in [1.29, 1.82) is 0 Å². The van der Waals surface area contributed by atoms with E-state index >= 15 is 0 Å². The molecule has 0 unspecified atom stereocenters. The predicted octanol–water partition coefficient (Wildman–Crippen LogP) is 2.23. The van der Waals surface area contributed by atoms with Crippen LogP contribution in [-0.2, 0) is 6.42 Å². The van der Waals surface area contributed by atoms with Gasteiger partial charge in [-0.3, -0.25) is 0 Å². The lowest BCUT2D eigenvalue weighted by atomic mass is 10.1. The zero-order valence-corrected chi connectivity index (χ0v) is 8.63. The van der Waals surface area contributed by atoms with Crippen LogP contribution in [-0.4, -0.2) is 18.6 Å². The molecule has 1 aliphatic rings. The van der Waals surface area contributed by atoms with E-state index in [-0.39, 0.29) is 0 Å². The van der Waals surface area contributed by atoms with Gasteiger partial charge < -0.3 is 4.90 Å². The number of hydrogen-bond donors (Lipinski definition) is 0. The number of halogens is 1. The highest BCUT2D eigenvalue weighted by atomic mass is 79.9. The van der Waals surface area contributed by atoms with Crippen LogP contribution >= 0.6 is 15.9 Å². The van der Waals surface area contributed by atoms with Crippen molar-refractivity contribution in [3.8, 4) is 0 Å². The molecule has 1 aromatic rings. The van der Waals surface area contributed by atoms with Gasteiger partial charge in [0.25, 0.3) is 0 Å². The van der Waals surface area contributed by atoms with E-state index in [1.165, 1.54) is 18.4 Å². The molecule has 1 aliphatic heterocycles. The van der Waals surface area contributed by atoms with Gasteiger partial charge in [-0.1, -0.05) is 6.07 Å². The summed E-state index contributed by atoms with van der Waals surface area (Å²) in [5.74, 6) is 1.13. The number of anilines is 1. The van der Waals surface area contributed by atoms with Crippen LogP contribution in [0.5, 0.6) is 0 Å². The van der Waals surface area contributed by atoms with E-state index in [4.69, 9.17) is 0 Å². The van der Waals surface area contributed by atoms with Crippen LogP contribution in [0.3, 0.4) is 0 Å². The zero-order valence-electron chi connectivity index (χ0n) is 7.05. The molecule has 0 fully saturated rings. The van der Waals surface area contributed by atoms with Gasteiger partial charge in [-0.2, -0.15) is 0 Å². The first-order valence-electron chi connectivity index (χ1n) is 4.14. The Bertz CT molecular complexity index is 299. The Balaban J connectivity index is 2.47. The van der Waals surface area contributed by atoms with Crippen molar-refractivity contribution >= 4 is 21.7 Å². The smallest absolute Gasteiger partial charge is 0.132 e. The Morgan fingerprint density at radius 3 is 3.17 bits per heavy atom. The van der Waals surface area contributed by atoms with Crippen molar-refractivity contribution in [3.05, 3.63) is 22.3 Å². The van der Waals surface area contributed by atoms with Crippen molar-refractivity contribution in [3.63, 3.8) is 0 Å². The van der Waals surface area contributed by atoms with Gasteiger partial charge in [0.1, 0.15) is 10.4 Å². The number of hydrogen-bond acceptors (Lipinski definition) is 2. The third-order valence-electron chi connectivity index (χ3n) is 2.22. The van der Waals surface area contributed by atoms with Crippen molar-refractivity contribution in [2.24, 2.45) is 0 Å². The van der Waals surface area contributed by atoms with Crippen LogP contribution in [0.2, 0.25) is 0 Å². The molecule has 0 bridgehead atoms. The molecular formula is C9H11BrN2.